The molecule has 58 heavy (non-hydrogen) atoms. The Hall–Kier alpha value is -7.75. The second-order valence-electron chi connectivity index (χ2n) is 14.7. The van der Waals surface area contributed by atoms with Crippen LogP contribution in [0.15, 0.2) is 223 Å². The van der Waals surface area contributed by atoms with Gasteiger partial charge in [-0.1, -0.05) is 152 Å². The summed E-state index contributed by atoms with van der Waals surface area (Å²) in [6.07, 6.45) is 0. The zero-order chi connectivity index (χ0) is 38.4. The predicted octanol–water partition coefficient (Wildman–Crippen LogP) is 15.4. The molecule has 0 radical (unpaired) electrons. The lowest BCUT2D eigenvalue weighted by atomic mass is 9.88. The number of fused-ring (bicyclic) bond motifs is 6. The molecule has 0 bridgehead atoms. The lowest BCUT2D eigenvalue weighted by Gasteiger charge is -2.26. The number of para-hydroxylation sites is 1. The van der Waals surface area contributed by atoms with E-state index in [0.29, 0.717) is 5.89 Å². The lowest BCUT2D eigenvalue weighted by molar-refractivity contribution is 0.623. The van der Waals surface area contributed by atoms with Gasteiger partial charge in [0.05, 0.1) is 0 Å². The second kappa shape index (κ2) is 14.1. The molecule has 0 saturated heterocycles. The zero-order valence-corrected chi connectivity index (χ0v) is 31.6. The van der Waals surface area contributed by atoms with Crippen LogP contribution in [-0.2, 0) is 0 Å². The Bertz CT molecular complexity index is 3260. The van der Waals surface area contributed by atoms with Crippen molar-refractivity contribution in [2.45, 2.75) is 0 Å². The molecule has 3 nitrogen and oxygen atoms in total. The summed E-state index contributed by atoms with van der Waals surface area (Å²) in [7, 11) is 0. The van der Waals surface area contributed by atoms with Crippen LogP contribution in [0.2, 0.25) is 0 Å². The highest BCUT2D eigenvalue weighted by molar-refractivity contribution is 6.22. The smallest absolute Gasteiger partial charge is 0.227 e. The van der Waals surface area contributed by atoms with Gasteiger partial charge in [0.15, 0.2) is 5.58 Å². The van der Waals surface area contributed by atoms with Crippen LogP contribution in [0.25, 0.3) is 88.3 Å². The molecule has 0 N–H and O–H groups in total. The molecule has 1 heterocycles. The third-order valence-electron chi connectivity index (χ3n) is 11.3. The summed E-state index contributed by atoms with van der Waals surface area (Å²) in [5, 5.41) is 6.86. The van der Waals surface area contributed by atoms with E-state index in [0.717, 1.165) is 55.3 Å². The van der Waals surface area contributed by atoms with E-state index in [9.17, 15) is 0 Å². The number of nitrogens with zero attached hydrogens (tertiary/aromatic N) is 2. The number of hydrogen-bond donors (Lipinski definition) is 0. The molecule has 0 spiro atoms. The molecule has 0 aliphatic heterocycles. The molecule has 0 fully saturated rings. The van der Waals surface area contributed by atoms with Gasteiger partial charge < -0.3 is 9.32 Å². The maximum absolute atomic E-state index is 6.74. The zero-order valence-electron chi connectivity index (χ0n) is 31.6. The minimum atomic E-state index is 0.614. The summed E-state index contributed by atoms with van der Waals surface area (Å²) in [6, 6.07) is 77.7. The van der Waals surface area contributed by atoms with Crippen molar-refractivity contribution in [2.24, 2.45) is 0 Å². The normalized spacial score (nSPS) is 11.4. The fourth-order valence-electron chi connectivity index (χ4n) is 8.46. The van der Waals surface area contributed by atoms with E-state index in [-0.39, 0.29) is 0 Å². The monoisotopic (exact) mass is 740 g/mol. The molecule has 1 aromatic heterocycles. The Morgan fingerprint density at radius 2 is 0.948 bits per heavy atom. The highest BCUT2D eigenvalue weighted by Crippen LogP contribution is 2.45. The summed E-state index contributed by atoms with van der Waals surface area (Å²) >= 11 is 0. The first-order chi connectivity index (χ1) is 28.7. The van der Waals surface area contributed by atoms with Crippen LogP contribution in [0.1, 0.15) is 0 Å². The van der Waals surface area contributed by atoms with Gasteiger partial charge in [0, 0.05) is 28.0 Å². The molecule has 0 saturated carbocycles. The van der Waals surface area contributed by atoms with E-state index in [1.807, 2.05) is 30.3 Å². The van der Waals surface area contributed by atoms with E-state index >= 15 is 0 Å². The number of benzene rings is 10. The van der Waals surface area contributed by atoms with Crippen molar-refractivity contribution in [2.75, 3.05) is 4.90 Å². The molecule has 0 unspecified atom stereocenters. The van der Waals surface area contributed by atoms with Crippen LogP contribution in [0.4, 0.5) is 17.1 Å². The minimum absolute atomic E-state index is 0.614. The van der Waals surface area contributed by atoms with E-state index in [1.54, 1.807) is 0 Å². The van der Waals surface area contributed by atoms with Crippen LogP contribution < -0.4 is 4.90 Å². The Labute approximate surface area is 336 Å². The number of rotatable bonds is 7. The van der Waals surface area contributed by atoms with Gasteiger partial charge in [-0.05, 0) is 127 Å². The van der Waals surface area contributed by atoms with Gasteiger partial charge in [0.2, 0.25) is 5.89 Å². The van der Waals surface area contributed by atoms with Crippen LogP contribution in [-0.4, -0.2) is 4.98 Å². The Morgan fingerprint density at radius 3 is 1.72 bits per heavy atom. The quantitative estimate of drug-likeness (QED) is 0.152. The summed E-state index contributed by atoms with van der Waals surface area (Å²) in [4.78, 5) is 7.34. The average molecular weight is 741 g/mol. The first-order valence-electron chi connectivity index (χ1n) is 19.7. The summed E-state index contributed by atoms with van der Waals surface area (Å²) in [5.74, 6) is 0.614. The van der Waals surface area contributed by atoms with Crippen molar-refractivity contribution in [1.82, 2.24) is 4.98 Å². The first-order valence-corrected chi connectivity index (χ1v) is 19.7. The second-order valence-corrected chi connectivity index (χ2v) is 14.7. The first kappa shape index (κ1) is 33.6. The van der Waals surface area contributed by atoms with E-state index in [2.05, 4.69) is 193 Å². The maximum Gasteiger partial charge on any atom is 0.227 e. The van der Waals surface area contributed by atoms with Crippen molar-refractivity contribution in [3.63, 3.8) is 0 Å². The van der Waals surface area contributed by atoms with Crippen LogP contribution in [0.3, 0.4) is 0 Å². The molecule has 0 aliphatic carbocycles. The average Bonchev–Trinajstić information content (AvgIpc) is 3.75. The van der Waals surface area contributed by atoms with E-state index < -0.39 is 0 Å². The summed E-state index contributed by atoms with van der Waals surface area (Å²) in [6.45, 7) is 0. The largest absolute Gasteiger partial charge is 0.435 e. The minimum Gasteiger partial charge on any atom is -0.435 e. The number of anilines is 3. The van der Waals surface area contributed by atoms with Crippen molar-refractivity contribution in [3.05, 3.63) is 218 Å². The van der Waals surface area contributed by atoms with Gasteiger partial charge in [0.25, 0.3) is 0 Å². The van der Waals surface area contributed by atoms with Crippen molar-refractivity contribution in [1.29, 1.82) is 0 Å². The molecular weight excluding hydrogens is 705 g/mol. The van der Waals surface area contributed by atoms with Gasteiger partial charge in [-0.15, -0.1) is 0 Å². The topological polar surface area (TPSA) is 29.3 Å². The fourth-order valence-corrected chi connectivity index (χ4v) is 8.46. The van der Waals surface area contributed by atoms with Crippen molar-refractivity contribution >= 4 is 60.5 Å². The Morgan fingerprint density at radius 1 is 0.345 bits per heavy atom. The number of hydrogen-bond acceptors (Lipinski definition) is 3. The van der Waals surface area contributed by atoms with Gasteiger partial charge in [-0.25, -0.2) is 4.98 Å². The molecular formula is C55H36N2O. The molecule has 10 aromatic carbocycles. The van der Waals surface area contributed by atoms with Crippen LogP contribution in [0.5, 0.6) is 0 Å². The van der Waals surface area contributed by atoms with Gasteiger partial charge in [-0.2, -0.15) is 0 Å². The van der Waals surface area contributed by atoms with Crippen LogP contribution >= 0.6 is 0 Å². The summed E-state index contributed by atoms with van der Waals surface area (Å²) in [5.41, 5.74) is 12.9. The third kappa shape index (κ3) is 5.89. The Balaban J connectivity index is 1.14. The number of aromatic nitrogens is 1. The molecule has 0 amide bonds. The fraction of sp³-hybridized carbons (Fsp3) is 0. The molecule has 11 aromatic rings. The standard InChI is InChI=1S/C55H36N2O/c1-4-15-39(16-5-1)47-22-12-13-23-48(47)50-35-43-28-33-52-54(58-55(56-52)40-17-6-2-7-18-40)53(43)51-36-46(31-32-49(50)51)57(44-20-8-3-9-21-44)45-29-26-38(27-30-45)42-25-24-37-14-10-11-19-41(37)34-42/h1-36H. The highest BCUT2D eigenvalue weighted by Gasteiger charge is 2.20. The molecule has 11 rings (SSSR count). The lowest BCUT2D eigenvalue weighted by Crippen LogP contribution is -2.09. The molecule has 272 valence electrons. The molecule has 0 atom stereocenters. The maximum atomic E-state index is 6.74. The van der Waals surface area contributed by atoms with Crippen molar-refractivity contribution in [3.8, 4) is 44.8 Å². The number of oxazole rings is 1. The van der Waals surface area contributed by atoms with E-state index in [4.69, 9.17) is 9.40 Å². The third-order valence-corrected chi connectivity index (χ3v) is 11.3. The van der Waals surface area contributed by atoms with Gasteiger partial charge in [-0.3, -0.25) is 0 Å². The van der Waals surface area contributed by atoms with Gasteiger partial charge in [0.1, 0.15) is 5.52 Å². The van der Waals surface area contributed by atoms with Gasteiger partial charge >= 0.3 is 0 Å². The predicted molar refractivity (Wildman–Crippen MR) is 243 cm³/mol. The highest BCUT2D eigenvalue weighted by atomic mass is 16.3. The van der Waals surface area contributed by atoms with Crippen LogP contribution in [0, 0.1) is 0 Å². The molecule has 0 aliphatic rings. The summed E-state index contributed by atoms with van der Waals surface area (Å²) < 4.78 is 6.74. The molecule has 3 heteroatoms. The van der Waals surface area contributed by atoms with Crippen molar-refractivity contribution < 1.29 is 4.42 Å². The Kier molecular flexibility index (Phi) is 8.15. The van der Waals surface area contributed by atoms with E-state index in [1.165, 1.54) is 44.2 Å². The SMILES string of the molecule is c1ccc(-c2nc3ccc4cc(-c5ccccc5-c5ccccc5)c5ccc(N(c6ccccc6)c6ccc(-c7ccc8ccccc8c7)cc6)cc5c4c3o2)cc1.